The molecule has 1 atom stereocenters. The van der Waals surface area contributed by atoms with Crippen molar-refractivity contribution >= 4 is 16.9 Å². The summed E-state index contributed by atoms with van der Waals surface area (Å²) in [6, 6.07) is 10.9. The van der Waals surface area contributed by atoms with Crippen LogP contribution in [0.3, 0.4) is 0 Å². The Hall–Kier alpha value is -0.960. The van der Waals surface area contributed by atoms with E-state index in [2.05, 4.69) is 56.4 Å². The second-order valence-corrected chi connectivity index (χ2v) is 6.44. The lowest BCUT2D eigenvalue weighted by molar-refractivity contribution is 0.422. The largest absolute Gasteiger partial charge is 0.360 e. The highest BCUT2D eigenvalue weighted by Gasteiger charge is 2.24. The summed E-state index contributed by atoms with van der Waals surface area (Å²) in [5.41, 5.74) is 1.46. The Bertz CT molecular complexity index is 412. The molecule has 0 amide bonds. The third kappa shape index (κ3) is 3.52. The van der Waals surface area contributed by atoms with Crippen LogP contribution in [0.15, 0.2) is 35.3 Å². The summed E-state index contributed by atoms with van der Waals surface area (Å²) in [4.78, 5) is 4.79. The molecule has 1 aromatic rings. The van der Waals surface area contributed by atoms with Crippen molar-refractivity contribution in [2.24, 2.45) is 4.99 Å². The van der Waals surface area contributed by atoms with Crippen LogP contribution in [0.25, 0.3) is 0 Å². The summed E-state index contributed by atoms with van der Waals surface area (Å²) < 4.78 is 0. The van der Waals surface area contributed by atoms with Crippen LogP contribution in [-0.4, -0.2) is 16.5 Å². The number of hydrogen-bond acceptors (Lipinski definition) is 3. The molecule has 0 aromatic heterocycles. The zero-order chi connectivity index (χ0) is 13.0. The highest BCUT2D eigenvalue weighted by atomic mass is 32.2. The standard InChI is InChI=1S/C15H22N2S/c1-4-10-15(2,3)17-14-16-13(11-18-14)12-8-6-5-7-9-12/h5-9,13H,4,10-11H2,1-3H3,(H,16,17). The van der Waals surface area contributed by atoms with E-state index in [0.717, 1.165) is 10.9 Å². The molecular formula is C15H22N2S. The van der Waals surface area contributed by atoms with Crippen molar-refractivity contribution in [1.29, 1.82) is 0 Å². The van der Waals surface area contributed by atoms with Crippen molar-refractivity contribution in [3.8, 4) is 0 Å². The zero-order valence-corrected chi connectivity index (χ0v) is 12.3. The molecule has 0 bridgehead atoms. The molecular weight excluding hydrogens is 240 g/mol. The summed E-state index contributed by atoms with van der Waals surface area (Å²) in [6.07, 6.45) is 2.36. The lowest BCUT2D eigenvalue weighted by Gasteiger charge is -2.26. The quantitative estimate of drug-likeness (QED) is 0.887. The topological polar surface area (TPSA) is 24.4 Å². The molecule has 2 nitrogen and oxygen atoms in total. The van der Waals surface area contributed by atoms with Gasteiger partial charge in [0.2, 0.25) is 0 Å². The van der Waals surface area contributed by atoms with Crippen LogP contribution in [0.1, 0.15) is 45.2 Å². The molecule has 98 valence electrons. The van der Waals surface area contributed by atoms with Crippen LogP contribution >= 0.6 is 11.8 Å². The van der Waals surface area contributed by atoms with E-state index in [0.29, 0.717) is 6.04 Å². The van der Waals surface area contributed by atoms with E-state index in [9.17, 15) is 0 Å². The molecule has 0 saturated carbocycles. The molecule has 18 heavy (non-hydrogen) atoms. The maximum atomic E-state index is 4.79. The lowest BCUT2D eigenvalue weighted by atomic mass is 10.00. The van der Waals surface area contributed by atoms with Crippen LogP contribution in [0, 0.1) is 0 Å². The van der Waals surface area contributed by atoms with Crippen LogP contribution < -0.4 is 5.32 Å². The minimum atomic E-state index is 0.145. The van der Waals surface area contributed by atoms with E-state index < -0.39 is 0 Å². The van der Waals surface area contributed by atoms with Gasteiger partial charge in [-0.05, 0) is 25.8 Å². The van der Waals surface area contributed by atoms with Gasteiger partial charge < -0.3 is 5.32 Å². The Morgan fingerprint density at radius 2 is 2.06 bits per heavy atom. The molecule has 3 heteroatoms. The van der Waals surface area contributed by atoms with Gasteiger partial charge >= 0.3 is 0 Å². The third-order valence-electron chi connectivity index (χ3n) is 3.16. The van der Waals surface area contributed by atoms with Gasteiger partial charge in [0.1, 0.15) is 0 Å². The molecule has 0 aliphatic carbocycles. The van der Waals surface area contributed by atoms with Gasteiger partial charge in [-0.3, -0.25) is 4.99 Å². The molecule has 1 aromatic carbocycles. The van der Waals surface area contributed by atoms with Crippen molar-refractivity contribution in [1.82, 2.24) is 5.32 Å². The van der Waals surface area contributed by atoms with Crippen LogP contribution in [0.2, 0.25) is 0 Å². The second-order valence-electron chi connectivity index (χ2n) is 5.43. The van der Waals surface area contributed by atoms with Gasteiger partial charge in [0.25, 0.3) is 0 Å². The number of benzene rings is 1. The molecule has 1 aliphatic rings. The van der Waals surface area contributed by atoms with E-state index in [1.807, 2.05) is 11.8 Å². The molecule has 0 saturated heterocycles. The number of nitrogens with one attached hydrogen (secondary N) is 1. The lowest BCUT2D eigenvalue weighted by Crippen LogP contribution is -2.41. The predicted molar refractivity (Wildman–Crippen MR) is 81.2 cm³/mol. The van der Waals surface area contributed by atoms with Crippen molar-refractivity contribution in [2.75, 3.05) is 5.75 Å². The summed E-state index contributed by atoms with van der Waals surface area (Å²) in [5.74, 6) is 1.05. The fourth-order valence-corrected chi connectivity index (χ4v) is 3.40. The van der Waals surface area contributed by atoms with Crippen LogP contribution in [0.4, 0.5) is 0 Å². The molecule has 1 unspecified atom stereocenters. The Labute approximate surface area is 114 Å². The number of rotatable bonds is 4. The van der Waals surface area contributed by atoms with E-state index in [4.69, 9.17) is 4.99 Å². The predicted octanol–water partition coefficient (Wildman–Crippen LogP) is 4.00. The first kappa shape index (κ1) is 13.5. The van der Waals surface area contributed by atoms with Gasteiger partial charge in [-0.15, -0.1) is 0 Å². The van der Waals surface area contributed by atoms with E-state index in [1.165, 1.54) is 18.4 Å². The highest BCUT2D eigenvalue weighted by molar-refractivity contribution is 8.14. The number of aliphatic imine (C=N–C) groups is 1. The van der Waals surface area contributed by atoms with Crippen molar-refractivity contribution in [3.63, 3.8) is 0 Å². The average Bonchev–Trinajstić information content (AvgIpc) is 2.77. The van der Waals surface area contributed by atoms with E-state index >= 15 is 0 Å². The number of amidine groups is 1. The van der Waals surface area contributed by atoms with Crippen LogP contribution in [-0.2, 0) is 0 Å². The van der Waals surface area contributed by atoms with Gasteiger partial charge in [0.15, 0.2) is 5.17 Å². The molecule has 0 fully saturated rings. The molecule has 1 aliphatic heterocycles. The first-order chi connectivity index (χ1) is 8.61. The maximum absolute atomic E-state index is 4.79. The summed E-state index contributed by atoms with van der Waals surface area (Å²) >= 11 is 1.84. The van der Waals surface area contributed by atoms with Crippen molar-refractivity contribution < 1.29 is 0 Å². The first-order valence-corrected chi connectivity index (χ1v) is 7.63. The molecule has 1 N–H and O–H groups in total. The zero-order valence-electron chi connectivity index (χ0n) is 11.4. The molecule has 0 spiro atoms. The van der Waals surface area contributed by atoms with E-state index in [1.54, 1.807) is 0 Å². The Morgan fingerprint density at radius 3 is 2.72 bits per heavy atom. The third-order valence-corrected chi connectivity index (χ3v) is 4.12. The fraction of sp³-hybridized carbons (Fsp3) is 0.533. The second kappa shape index (κ2) is 5.79. The van der Waals surface area contributed by atoms with Crippen molar-refractivity contribution in [3.05, 3.63) is 35.9 Å². The average molecular weight is 262 g/mol. The normalized spacial score (nSPS) is 19.7. The fourth-order valence-electron chi connectivity index (χ4n) is 2.27. The summed E-state index contributed by atoms with van der Waals surface area (Å²) in [5, 5.41) is 4.67. The number of nitrogens with zero attached hydrogens (tertiary/aromatic N) is 1. The Balaban J connectivity index is 2.01. The minimum absolute atomic E-state index is 0.145. The van der Waals surface area contributed by atoms with Gasteiger partial charge in [0.05, 0.1) is 6.04 Å². The van der Waals surface area contributed by atoms with Crippen LogP contribution in [0.5, 0.6) is 0 Å². The number of hydrogen-bond donors (Lipinski definition) is 1. The van der Waals surface area contributed by atoms with Gasteiger partial charge in [0, 0.05) is 11.3 Å². The van der Waals surface area contributed by atoms with Gasteiger partial charge in [-0.1, -0.05) is 55.4 Å². The maximum Gasteiger partial charge on any atom is 0.157 e. The monoisotopic (exact) mass is 262 g/mol. The smallest absolute Gasteiger partial charge is 0.157 e. The Morgan fingerprint density at radius 1 is 1.33 bits per heavy atom. The summed E-state index contributed by atoms with van der Waals surface area (Å²) in [7, 11) is 0. The van der Waals surface area contributed by atoms with Gasteiger partial charge in [-0.25, -0.2) is 0 Å². The molecule has 2 rings (SSSR count). The highest BCUT2D eigenvalue weighted by Crippen LogP contribution is 2.30. The van der Waals surface area contributed by atoms with Gasteiger partial charge in [-0.2, -0.15) is 0 Å². The van der Waals surface area contributed by atoms with Crippen molar-refractivity contribution in [2.45, 2.75) is 45.2 Å². The molecule has 1 heterocycles. The first-order valence-electron chi connectivity index (χ1n) is 6.64. The molecule has 0 radical (unpaired) electrons. The minimum Gasteiger partial charge on any atom is -0.360 e. The Kier molecular flexibility index (Phi) is 4.33. The summed E-state index contributed by atoms with van der Waals surface area (Å²) in [6.45, 7) is 6.71. The SMILES string of the molecule is CCCC(C)(C)NC1=NC(c2ccccc2)CS1. The number of thioether (sulfide) groups is 1. The van der Waals surface area contributed by atoms with E-state index in [-0.39, 0.29) is 5.54 Å².